The van der Waals surface area contributed by atoms with Gasteiger partial charge in [0.1, 0.15) is 5.75 Å². The molecule has 122 valence electrons. The number of pyridine rings is 1. The van der Waals surface area contributed by atoms with E-state index in [4.69, 9.17) is 9.47 Å². The van der Waals surface area contributed by atoms with Crippen molar-refractivity contribution in [2.45, 2.75) is 26.0 Å². The smallest absolute Gasteiger partial charge is 0.119 e. The van der Waals surface area contributed by atoms with Gasteiger partial charge in [0, 0.05) is 31.7 Å². The van der Waals surface area contributed by atoms with Crippen molar-refractivity contribution in [2.24, 2.45) is 0 Å². The Hall–Kier alpha value is -1.91. The Kier molecular flexibility index (Phi) is 5.26. The number of methoxy groups -OCH3 is 1. The van der Waals surface area contributed by atoms with Crippen molar-refractivity contribution < 1.29 is 9.47 Å². The van der Waals surface area contributed by atoms with E-state index in [0.29, 0.717) is 0 Å². The van der Waals surface area contributed by atoms with E-state index >= 15 is 0 Å². The second kappa shape index (κ2) is 7.57. The standard InChI is InChI=1S/C19H24N2O2/c1-15-5-3-7-17(20-15)13-21-9-10-23-19(14-21)12-16-6-4-8-18(11-16)22-2/h3-8,11,19H,9-10,12-14H2,1-2H3/t19-/m0/s1. The molecule has 2 aromatic rings. The number of hydrogen-bond acceptors (Lipinski definition) is 4. The average Bonchev–Trinajstić information content (AvgIpc) is 2.55. The van der Waals surface area contributed by atoms with Gasteiger partial charge in [0.2, 0.25) is 0 Å². The number of ether oxygens (including phenoxy) is 2. The van der Waals surface area contributed by atoms with E-state index in [9.17, 15) is 0 Å². The number of aromatic nitrogens is 1. The monoisotopic (exact) mass is 312 g/mol. The van der Waals surface area contributed by atoms with Crippen LogP contribution in [-0.4, -0.2) is 42.8 Å². The molecule has 0 aliphatic carbocycles. The molecule has 2 heterocycles. The SMILES string of the molecule is COc1cccc(C[C@H]2CN(Cc3cccc(C)n3)CCO2)c1. The van der Waals surface area contributed by atoms with E-state index in [0.717, 1.165) is 49.8 Å². The lowest BCUT2D eigenvalue weighted by Crippen LogP contribution is -2.43. The van der Waals surface area contributed by atoms with E-state index in [1.807, 2.05) is 25.1 Å². The quantitative estimate of drug-likeness (QED) is 0.850. The van der Waals surface area contributed by atoms with Crippen LogP contribution in [0, 0.1) is 6.92 Å². The van der Waals surface area contributed by atoms with Crippen molar-refractivity contribution in [3.63, 3.8) is 0 Å². The van der Waals surface area contributed by atoms with E-state index in [-0.39, 0.29) is 6.10 Å². The molecule has 0 radical (unpaired) electrons. The lowest BCUT2D eigenvalue weighted by atomic mass is 10.1. The van der Waals surface area contributed by atoms with Crippen LogP contribution in [0.1, 0.15) is 17.0 Å². The van der Waals surface area contributed by atoms with Gasteiger partial charge in [-0.3, -0.25) is 9.88 Å². The largest absolute Gasteiger partial charge is 0.497 e. The van der Waals surface area contributed by atoms with Gasteiger partial charge >= 0.3 is 0 Å². The number of nitrogens with zero attached hydrogens (tertiary/aromatic N) is 2. The number of rotatable bonds is 5. The summed E-state index contributed by atoms with van der Waals surface area (Å²) in [4.78, 5) is 7.03. The second-order valence-electron chi connectivity index (χ2n) is 6.05. The van der Waals surface area contributed by atoms with Gasteiger partial charge < -0.3 is 9.47 Å². The summed E-state index contributed by atoms with van der Waals surface area (Å²) < 4.78 is 11.2. The number of hydrogen-bond donors (Lipinski definition) is 0. The van der Waals surface area contributed by atoms with Gasteiger partial charge in [-0.05, 0) is 36.8 Å². The molecule has 1 aliphatic heterocycles. The highest BCUT2D eigenvalue weighted by Gasteiger charge is 2.21. The Balaban J connectivity index is 1.59. The average molecular weight is 312 g/mol. The van der Waals surface area contributed by atoms with E-state index in [1.165, 1.54) is 5.56 Å². The molecule has 1 saturated heterocycles. The third-order valence-corrected chi connectivity index (χ3v) is 4.15. The van der Waals surface area contributed by atoms with Crippen molar-refractivity contribution >= 4 is 0 Å². The summed E-state index contributed by atoms with van der Waals surface area (Å²) in [7, 11) is 1.70. The van der Waals surface area contributed by atoms with Crippen molar-refractivity contribution in [1.82, 2.24) is 9.88 Å². The van der Waals surface area contributed by atoms with Gasteiger partial charge in [-0.1, -0.05) is 18.2 Å². The fraction of sp³-hybridized carbons (Fsp3) is 0.421. The van der Waals surface area contributed by atoms with Crippen LogP contribution in [0.2, 0.25) is 0 Å². The van der Waals surface area contributed by atoms with Crippen LogP contribution >= 0.6 is 0 Å². The zero-order valence-electron chi connectivity index (χ0n) is 13.9. The van der Waals surface area contributed by atoms with Crippen LogP contribution < -0.4 is 4.74 Å². The molecule has 1 atom stereocenters. The molecule has 0 saturated carbocycles. The van der Waals surface area contributed by atoms with Crippen molar-refractivity contribution in [1.29, 1.82) is 0 Å². The van der Waals surface area contributed by atoms with E-state index in [2.05, 4.69) is 34.1 Å². The minimum Gasteiger partial charge on any atom is -0.497 e. The molecule has 23 heavy (non-hydrogen) atoms. The summed E-state index contributed by atoms with van der Waals surface area (Å²) in [5.41, 5.74) is 3.46. The normalized spacial score (nSPS) is 18.8. The molecule has 1 aromatic carbocycles. The highest BCUT2D eigenvalue weighted by molar-refractivity contribution is 5.28. The van der Waals surface area contributed by atoms with Crippen LogP contribution in [0.15, 0.2) is 42.5 Å². The molecule has 0 amide bonds. The Morgan fingerprint density at radius 2 is 2.13 bits per heavy atom. The first kappa shape index (κ1) is 16.0. The summed E-state index contributed by atoms with van der Waals surface area (Å²) >= 11 is 0. The van der Waals surface area contributed by atoms with Gasteiger partial charge in [-0.15, -0.1) is 0 Å². The summed E-state index contributed by atoms with van der Waals surface area (Å²) in [6.45, 7) is 5.60. The topological polar surface area (TPSA) is 34.6 Å². The predicted octanol–water partition coefficient (Wildman–Crippen LogP) is 2.84. The molecular formula is C19H24N2O2. The zero-order valence-corrected chi connectivity index (χ0v) is 13.9. The van der Waals surface area contributed by atoms with Crippen molar-refractivity contribution in [3.8, 4) is 5.75 Å². The molecule has 1 aromatic heterocycles. The summed E-state index contributed by atoms with van der Waals surface area (Å²) in [5.74, 6) is 0.902. The maximum absolute atomic E-state index is 5.94. The minimum atomic E-state index is 0.223. The predicted molar refractivity (Wildman–Crippen MR) is 90.7 cm³/mol. The lowest BCUT2D eigenvalue weighted by Gasteiger charge is -2.32. The molecule has 1 fully saturated rings. The van der Waals surface area contributed by atoms with Crippen molar-refractivity contribution in [3.05, 3.63) is 59.4 Å². The van der Waals surface area contributed by atoms with Gasteiger partial charge in [-0.25, -0.2) is 0 Å². The number of benzene rings is 1. The van der Waals surface area contributed by atoms with Gasteiger partial charge in [0.25, 0.3) is 0 Å². The Morgan fingerprint density at radius 3 is 2.96 bits per heavy atom. The molecule has 3 rings (SSSR count). The fourth-order valence-electron chi connectivity index (χ4n) is 3.03. The molecular weight excluding hydrogens is 288 g/mol. The lowest BCUT2D eigenvalue weighted by molar-refractivity contribution is -0.0308. The van der Waals surface area contributed by atoms with E-state index < -0.39 is 0 Å². The van der Waals surface area contributed by atoms with Crippen LogP contribution in [0.3, 0.4) is 0 Å². The number of aryl methyl sites for hydroxylation is 1. The second-order valence-corrected chi connectivity index (χ2v) is 6.05. The highest BCUT2D eigenvalue weighted by Crippen LogP contribution is 2.17. The molecule has 0 spiro atoms. The number of morpholine rings is 1. The Morgan fingerprint density at radius 1 is 1.26 bits per heavy atom. The summed E-state index contributed by atoms with van der Waals surface area (Å²) in [5, 5.41) is 0. The molecule has 0 N–H and O–H groups in total. The molecule has 4 heteroatoms. The summed E-state index contributed by atoms with van der Waals surface area (Å²) in [6.07, 6.45) is 1.13. The molecule has 1 aliphatic rings. The summed E-state index contributed by atoms with van der Waals surface area (Å²) in [6, 6.07) is 14.4. The zero-order chi connectivity index (χ0) is 16.1. The van der Waals surface area contributed by atoms with Crippen molar-refractivity contribution in [2.75, 3.05) is 26.8 Å². The minimum absolute atomic E-state index is 0.223. The maximum Gasteiger partial charge on any atom is 0.119 e. The molecule has 0 bridgehead atoms. The fourth-order valence-corrected chi connectivity index (χ4v) is 3.03. The van der Waals surface area contributed by atoms with Crippen LogP contribution in [0.5, 0.6) is 5.75 Å². The first-order chi connectivity index (χ1) is 11.2. The molecule has 4 nitrogen and oxygen atoms in total. The van der Waals surface area contributed by atoms with Crippen LogP contribution in [0.25, 0.3) is 0 Å². The van der Waals surface area contributed by atoms with Crippen LogP contribution in [0.4, 0.5) is 0 Å². The Bertz CT molecular complexity index is 645. The first-order valence-electron chi connectivity index (χ1n) is 8.12. The van der Waals surface area contributed by atoms with Gasteiger partial charge in [0.05, 0.1) is 25.5 Å². The Labute approximate surface area is 138 Å². The first-order valence-corrected chi connectivity index (χ1v) is 8.12. The van der Waals surface area contributed by atoms with Gasteiger partial charge in [0.15, 0.2) is 0 Å². The van der Waals surface area contributed by atoms with Gasteiger partial charge in [-0.2, -0.15) is 0 Å². The highest BCUT2D eigenvalue weighted by atomic mass is 16.5. The maximum atomic E-state index is 5.94. The van der Waals surface area contributed by atoms with Crippen LogP contribution in [-0.2, 0) is 17.7 Å². The molecule has 0 unspecified atom stereocenters. The third kappa shape index (κ3) is 4.53. The van der Waals surface area contributed by atoms with E-state index in [1.54, 1.807) is 7.11 Å². The third-order valence-electron chi connectivity index (χ3n) is 4.15.